The number of nitrogen functional groups attached to an aromatic ring is 1. The number of amides is 2. The van der Waals surface area contributed by atoms with Gasteiger partial charge in [-0.05, 0) is 72.5 Å². The Hall–Kier alpha value is -7.23. The van der Waals surface area contributed by atoms with Crippen molar-refractivity contribution in [1.29, 1.82) is 5.26 Å². The summed E-state index contributed by atoms with van der Waals surface area (Å²) in [6, 6.07) is 13.5. The van der Waals surface area contributed by atoms with Crippen molar-refractivity contribution in [2.75, 3.05) is 63.1 Å². The highest BCUT2D eigenvalue weighted by Gasteiger charge is 2.44. The number of ether oxygens (including phenoxy) is 2. The third-order valence-corrected chi connectivity index (χ3v) is 17.4. The minimum atomic E-state index is -1.75. The number of carbonyl (C=O) groups excluding carboxylic acids is 2. The fraction of sp³-hybridized carbons (Fsp3) is 0.414. The van der Waals surface area contributed by atoms with Gasteiger partial charge in [-0.3, -0.25) is 14.5 Å². The molecular formula is C58H57ClF6N10O6S. The lowest BCUT2D eigenvalue weighted by molar-refractivity contribution is -0.141. The number of carbonyl (C=O) groups is 2. The van der Waals surface area contributed by atoms with Crippen molar-refractivity contribution >= 4 is 66.6 Å². The molecule has 0 spiro atoms. The van der Waals surface area contributed by atoms with Gasteiger partial charge < -0.3 is 45.3 Å². The molecule has 2 unspecified atom stereocenters. The second-order valence-corrected chi connectivity index (χ2v) is 23.4. The molecule has 4 saturated heterocycles. The maximum atomic E-state index is 17.2. The number of nitrogens with zero attached hydrogens (tertiary/aromatic N) is 7. The number of halogens is 7. The van der Waals surface area contributed by atoms with Gasteiger partial charge in [0.15, 0.2) is 11.6 Å². The van der Waals surface area contributed by atoms with Crippen molar-refractivity contribution in [3.63, 3.8) is 0 Å². The van der Waals surface area contributed by atoms with Crippen molar-refractivity contribution < 1.29 is 55.0 Å². The Balaban J connectivity index is 0.714. The highest BCUT2D eigenvalue weighted by molar-refractivity contribution is 7.23. The number of piperazine rings is 1. The standard InChI is InChI=1S/C58H57ClF6N10O6S/c1-28(2)46(56(78)75-26-35(76)20-43(75)55(77)68-29(3)30-4-6-31(7-5-30)47-41(62)18-32(60)19-42(47)63)44-22-45(72-81-44)80-27-58(65)12-14-73(15-13-58)16-17-79-57-70-51-37(54(71-57)74-24-33-8-9-34(25-74)69-33)21-39(59)49(50(51)64)36-10-11-40(61)52-48(36)38(23-66)53(67)82-52/h4-7,10-11,18-19,21-22,28-29,33-35,43,46,69,76H,8-9,12-17,20,24-27,67H2,1-3H3,(H,68,77)/t29-,33?,34?,35+,43-,46+/m0/s1. The Labute approximate surface area is 476 Å². The lowest BCUT2D eigenvalue weighted by atomic mass is 9.91. The molecule has 0 saturated carbocycles. The van der Waals surface area contributed by atoms with Gasteiger partial charge in [-0.2, -0.15) is 15.2 Å². The summed E-state index contributed by atoms with van der Waals surface area (Å²) in [6.07, 6.45) is 1.11. The van der Waals surface area contributed by atoms with Gasteiger partial charge in [-0.15, -0.1) is 11.3 Å². The van der Waals surface area contributed by atoms with E-state index >= 15 is 13.2 Å². The molecule has 4 fully saturated rings. The zero-order chi connectivity index (χ0) is 57.9. The molecule has 0 radical (unpaired) electrons. The first-order valence-corrected chi connectivity index (χ1v) is 28.2. The van der Waals surface area contributed by atoms with Crippen molar-refractivity contribution in [2.45, 2.75) is 94.7 Å². The Bertz CT molecular complexity index is 3620. The van der Waals surface area contributed by atoms with Gasteiger partial charge in [0.2, 0.25) is 11.8 Å². The van der Waals surface area contributed by atoms with E-state index < -0.39 is 76.2 Å². The first-order valence-electron chi connectivity index (χ1n) is 27.0. The van der Waals surface area contributed by atoms with Crippen LogP contribution in [0.2, 0.25) is 5.02 Å². The lowest BCUT2D eigenvalue weighted by Crippen LogP contribution is -2.51. The predicted octanol–water partition coefficient (Wildman–Crippen LogP) is 9.75. The molecule has 11 rings (SSSR count). The first kappa shape index (κ1) is 56.6. The van der Waals surface area contributed by atoms with E-state index in [1.165, 1.54) is 35.2 Å². The highest BCUT2D eigenvalue weighted by Crippen LogP contribution is 2.46. The Morgan fingerprint density at radius 1 is 0.963 bits per heavy atom. The summed E-state index contributed by atoms with van der Waals surface area (Å²) in [6.45, 7) is 7.11. The minimum absolute atomic E-state index is 0.0155. The third-order valence-electron chi connectivity index (χ3n) is 16.1. The highest BCUT2D eigenvalue weighted by atomic mass is 35.5. The Kier molecular flexibility index (Phi) is 15.8. The number of benzene rings is 4. The van der Waals surface area contributed by atoms with Gasteiger partial charge in [0.25, 0.3) is 5.88 Å². The van der Waals surface area contributed by atoms with Crippen LogP contribution >= 0.6 is 22.9 Å². The molecule has 2 amide bonds. The SMILES string of the molecule is CC(C)[C@@H](C(=O)N1C[C@H](O)C[C@H]1C(=O)N[C@@H](C)c1ccc(-c2c(F)cc(F)cc2F)cc1)c1cc(OCC2(F)CCN(CCOc3nc(N4CC5CCC(C4)N5)c4cc(Cl)c(-c5ccc(F)c6sc(N)c(C#N)c56)c(F)c4n3)CC2)no1. The van der Waals surface area contributed by atoms with Crippen molar-refractivity contribution in [2.24, 2.45) is 5.92 Å². The van der Waals surface area contributed by atoms with Gasteiger partial charge in [-0.25, -0.2) is 26.3 Å². The quantitative estimate of drug-likeness (QED) is 0.0665. The normalized spacial score (nSPS) is 20.6. The number of aromatic nitrogens is 3. The molecule has 7 heterocycles. The van der Waals surface area contributed by atoms with E-state index in [1.807, 2.05) is 11.0 Å². The number of anilines is 2. The number of aliphatic hydroxyl groups excluding tert-OH is 1. The van der Waals surface area contributed by atoms with Gasteiger partial charge in [0.05, 0.1) is 33.0 Å². The monoisotopic (exact) mass is 1170 g/mol. The number of nitrogens with one attached hydrogen (secondary N) is 2. The molecule has 4 aliphatic heterocycles. The predicted molar refractivity (Wildman–Crippen MR) is 296 cm³/mol. The van der Waals surface area contributed by atoms with E-state index in [0.717, 1.165) is 24.2 Å². The van der Waals surface area contributed by atoms with E-state index in [2.05, 4.69) is 25.7 Å². The summed E-state index contributed by atoms with van der Waals surface area (Å²) in [7, 11) is 0. The van der Waals surface area contributed by atoms with Crippen LogP contribution in [-0.4, -0.2) is 124 Å². The number of rotatable bonds is 16. The molecule has 4 aromatic carbocycles. The maximum Gasteiger partial charge on any atom is 0.319 e. The summed E-state index contributed by atoms with van der Waals surface area (Å²) < 4.78 is 109. The van der Waals surface area contributed by atoms with E-state index in [9.17, 15) is 33.1 Å². The number of β-amino-alcohol motifs (C(OH)–C–C–N with tert-alkyl or cyclic N) is 1. The Morgan fingerprint density at radius 3 is 2.35 bits per heavy atom. The fourth-order valence-electron chi connectivity index (χ4n) is 11.8. The van der Waals surface area contributed by atoms with E-state index in [-0.39, 0.29) is 123 Å². The van der Waals surface area contributed by atoms with Crippen LogP contribution in [0.3, 0.4) is 0 Å². The van der Waals surface area contributed by atoms with Crippen LogP contribution in [0.15, 0.2) is 65.2 Å². The molecule has 430 valence electrons. The molecule has 82 heavy (non-hydrogen) atoms. The molecule has 4 aliphatic rings. The summed E-state index contributed by atoms with van der Waals surface area (Å²) in [5, 5.41) is 31.8. The van der Waals surface area contributed by atoms with Crippen molar-refractivity contribution in [3.8, 4) is 40.2 Å². The number of hydrogen-bond donors (Lipinski definition) is 4. The van der Waals surface area contributed by atoms with E-state index in [1.54, 1.807) is 39.0 Å². The lowest BCUT2D eigenvalue weighted by Gasteiger charge is -2.35. The molecule has 6 atom stereocenters. The number of likely N-dealkylation sites (tertiary alicyclic amines) is 2. The number of nitriles is 1. The number of fused-ring (bicyclic) bond motifs is 4. The van der Waals surface area contributed by atoms with Crippen LogP contribution in [0.4, 0.5) is 37.2 Å². The molecule has 24 heteroatoms. The molecule has 3 aromatic heterocycles. The molecule has 0 aliphatic carbocycles. The van der Waals surface area contributed by atoms with Crippen LogP contribution in [0.5, 0.6) is 11.9 Å². The van der Waals surface area contributed by atoms with Crippen LogP contribution in [0.25, 0.3) is 43.2 Å². The number of nitrogens with two attached hydrogens (primary N) is 1. The summed E-state index contributed by atoms with van der Waals surface area (Å²) in [5.74, 6) is -6.40. The Morgan fingerprint density at radius 2 is 1.67 bits per heavy atom. The van der Waals surface area contributed by atoms with E-state index in [0.29, 0.717) is 61.6 Å². The molecule has 7 aromatic rings. The van der Waals surface area contributed by atoms with Crippen LogP contribution in [0.1, 0.15) is 81.7 Å². The number of thiophene rings is 1. The second-order valence-electron chi connectivity index (χ2n) is 22.0. The molecule has 16 nitrogen and oxygen atoms in total. The van der Waals surface area contributed by atoms with Crippen LogP contribution in [0, 0.1) is 46.3 Å². The average Bonchev–Trinajstić information content (AvgIpc) is 3.01. The average molecular weight is 1170 g/mol. The topological polar surface area (TPSA) is 208 Å². The van der Waals surface area contributed by atoms with E-state index in [4.69, 9.17) is 36.3 Å². The summed E-state index contributed by atoms with van der Waals surface area (Å²) in [5.41, 5.74) is 4.78. The number of alkyl halides is 1. The van der Waals surface area contributed by atoms with Gasteiger partial charge in [0, 0.05) is 92.3 Å². The number of piperidine rings is 1. The smallest absolute Gasteiger partial charge is 0.319 e. The summed E-state index contributed by atoms with van der Waals surface area (Å²) >= 11 is 7.80. The van der Waals surface area contributed by atoms with Crippen LogP contribution < -0.4 is 30.7 Å². The summed E-state index contributed by atoms with van der Waals surface area (Å²) in [4.78, 5) is 42.8. The van der Waals surface area contributed by atoms with Crippen LogP contribution in [-0.2, 0) is 9.59 Å². The minimum Gasteiger partial charge on any atom is -0.472 e. The molecule has 5 N–H and O–H groups in total. The first-order chi connectivity index (χ1) is 39.3. The fourth-order valence-corrected chi connectivity index (χ4v) is 13.1. The number of hydrogen-bond acceptors (Lipinski definition) is 15. The third kappa shape index (κ3) is 11.1. The van der Waals surface area contributed by atoms with Crippen molar-refractivity contribution in [3.05, 3.63) is 112 Å². The van der Waals surface area contributed by atoms with Gasteiger partial charge in [-0.1, -0.05) is 55.8 Å². The zero-order valence-electron chi connectivity index (χ0n) is 44.8. The zero-order valence-corrected chi connectivity index (χ0v) is 46.3. The molecule has 2 bridgehead atoms. The van der Waals surface area contributed by atoms with Gasteiger partial charge >= 0.3 is 6.01 Å². The largest absolute Gasteiger partial charge is 0.472 e. The second kappa shape index (κ2) is 22.8. The van der Waals surface area contributed by atoms with Crippen molar-refractivity contribution in [1.82, 2.24) is 35.6 Å². The maximum absolute atomic E-state index is 17.2. The number of aliphatic hydroxyl groups is 1. The molecular weight excluding hydrogens is 1110 g/mol. The van der Waals surface area contributed by atoms with Gasteiger partial charge in [0.1, 0.15) is 76.5 Å².